The topological polar surface area (TPSA) is 56.2 Å². The quantitative estimate of drug-likeness (QED) is 0.744. The first kappa shape index (κ1) is 10.8. The summed E-state index contributed by atoms with van der Waals surface area (Å²) in [7, 11) is 0. The average Bonchev–Trinajstić information content (AvgIpc) is 2.72. The Bertz CT molecular complexity index is 700. The molecular weight excluding hydrogens is 224 g/mol. The van der Waals surface area contributed by atoms with Gasteiger partial charge in [-0.2, -0.15) is 5.10 Å². The van der Waals surface area contributed by atoms with Crippen molar-refractivity contribution in [3.8, 4) is 0 Å². The molecule has 0 saturated heterocycles. The van der Waals surface area contributed by atoms with Gasteiger partial charge in [0.15, 0.2) is 5.65 Å². The maximum Gasteiger partial charge on any atom is 0.158 e. The number of fused-ring (bicyclic) bond motifs is 1. The number of nitrogens with two attached hydrogens (primary N) is 1. The van der Waals surface area contributed by atoms with Crippen molar-refractivity contribution in [3.05, 3.63) is 59.5 Å². The van der Waals surface area contributed by atoms with Crippen molar-refractivity contribution in [3.63, 3.8) is 0 Å². The van der Waals surface area contributed by atoms with E-state index >= 15 is 0 Å². The number of hydrogen-bond acceptors (Lipinski definition) is 3. The van der Waals surface area contributed by atoms with E-state index in [1.54, 1.807) is 16.9 Å². The standard InChI is InChI=1S/C14H14N4/c1-10-3-2-4-11(5-10)6-12-7-17-18-9-13(15)8-16-14(12)18/h2-5,7-9H,6,15H2,1H3. The van der Waals surface area contributed by atoms with E-state index in [0.717, 1.165) is 17.6 Å². The van der Waals surface area contributed by atoms with Gasteiger partial charge in [-0.1, -0.05) is 29.8 Å². The lowest BCUT2D eigenvalue weighted by Crippen LogP contribution is -1.95. The smallest absolute Gasteiger partial charge is 0.158 e. The van der Waals surface area contributed by atoms with E-state index in [1.165, 1.54) is 11.1 Å². The number of aromatic nitrogens is 3. The molecule has 90 valence electrons. The molecule has 3 aromatic rings. The first-order chi connectivity index (χ1) is 8.72. The van der Waals surface area contributed by atoms with Crippen LogP contribution in [-0.2, 0) is 6.42 Å². The van der Waals surface area contributed by atoms with Crippen LogP contribution in [0.15, 0.2) is 42.9 Å². The van der Waals surface area contributed by atoms with Gasteiger partial charge in [0.2, 0.25) is 0 Å². The second-order valence-electron chi connectivity index (χ2n) is 4.49. The van der Waals surface area contributed by atoms with Crippen molar-refractivity contribution >= 4 is 11.3 Å². The Morgan fingerprint density at radius 3 is 3.00 bits per heavy atom. The summed E-state index contributed by atoms with van der Waals surface area (Å²) < 4.78 is 1.72. The second kappa shape index (κ2) is 4.14. The monoisotopic (exact) mass is 238 g/mol. The van der Waals surface area contributed by atoms with Crippen LogP contribution in [0.4, 0.5) is 5.69 Å². The third kappa shape index (κ3) is 1.93. The summed E-state index contributed by atoms with van der Waals surface area (Å²) in [5.74, 6) is 0. The molecule has 4 nitrogen and oxygen atoms in total. The van der Waals surface area contributed by atoms with E-state index in [0.29, 0.717) is 5.69 Å². The highest BCUT2D eigenvalue weighted by Gasteiger charge is 2.06. The van der Waals surface area contributed by atoms with Gasteiger partial charge in [0, 0.05) is 12.0 Å². The molecule has 0 atom stereocenters. The zero-order valence-electron chi connectivity index (χ0n) is 10.2. The number of anilines is 1. The molecular formula is C14H14N4. The molecule has 3 rings (SSSR count). The summed E-state index contributed by atoms with van der Waals surface area (Å²) in [6.07, 6.45) is 6.13. The van der Waals surface area contributed by atoms with Gasteiger partial charge < -0.3 is 5.73 Å². The Morgan fingerprint density at radius 2 is 2.17 bits per heavy atom. The SMILES string of the molecule is Cc1cccc(Cc2cnn3cc(N)cnc23)c1. The minimum atomic E-state index is 0.618. The molecule has 2 aromatic heterocycles. The van der Waals surface area contributed by atoms with Crippen LogP contribution >= 0.6 is 0 Å². The highest BCUT2D eigenvalue weighted by atomic mass is 15.2. The summed E-state index contributed by atoms with van der Waals surface area (Å²) in [5, 5.41) is 4.27. The molecule has 18 heavy (non-hydrogen) atoms. The summed E-state index contributed by atoms with van der Waals surface area (Å²) in [4.78, 5) is 4.33. The molecule has 2 heterocycles. The van der Waals surface area contributed by atoms with E-state index in [4.69, 9.17) is 5.73 Å². The molecule has 0 fully saturated rings. The Kier molecular flexibility index (Phi) is 2.48. The second-order valence-corrected chi connectivity index (χ2v) is 4.49. The van der Waals surface area contributed by atoms with Gasteiger partial charge in [-0.3, -0.25) is 0 Å². The van der Waals surface area contributed by atoms with Crippen LogP contribution in [0.1, 0.15) is 16.7 Å². The lowest BCUT2D eigenvalue weighted by Gasteiger charge is -2.01. The van der Waals surface area contributed by atoms with Crippen molar-refractivity contribution in [2.75, 3.05) is 5.73 Å². The zero-order valence-corrected chi connectivity index (χ0v) is 10.2. The van der Waals surface area contributed by atoms with Crippen LogP contribution in [0.5, 0.6) is 0 Å². The first-order valence-corrected chi connectivity index (χ1v) is 5.85. The Balaban J connectivity index is 2.00. The summed E-state index contributed by atoms with van der Waals surface area (Å²) >= 11 is 0. The average molecular weight is 238 g/mol. The fourth-order valence-electron chi connectivity index (χ4n) is 2.10. The van der Waals surface area contributed by atoms with Crippen molar-refractivity contribution in [2.45, 2.75) is 13.3 Å². The molecule has 0 aliphatic rings. The zero-order chi connectivity index (χ0) is 12.5. The maximum atomic E-state index is 5.68. The molecule has 0 aliphatic carbocycles. The first-order valence-electron chi connectivity index (χ1n) is 5.85. The van der Waals surface area contributed by atoms with E-state index in [1.807, 2.05) is 6.20 Å². The fraction of sp³-hybridized carbons (Fsp3) is 0.143. The summed E-state index contributed by atoms with van der Waals surface area (Å²) in [6, 6.07) is 8.47. The van der Waals surface area contributed by atoms with E-state index in [2.05, 4.69) is 41.3 Å². The van der Waals surface area contributed by atoms with Crippen molar-refractivity contribution in [1.29, 1.82) is 0 Å². The van der Waals surface area contributed by atoms with Gasteiger partial charge in [0.1, 0.15) is 0 Å². The molecule has 2 N–H and O–H groups in total. The van der Waals surface area contributed by atoms with Gasteiger partial charge in [0.25, 0.3) is 0 Å². The number of hydrogen-bond donors (Lipinski definition) is 1. The molecule has 0 bridgehead atoms. The molecule has 0 unspecified atom stereocenters. The number of rotatable bonds is 2. The maximum absolute atomic E-state index is 5.68. The third-order valence-electron chi connectivity index (χ3n) is 2.93. The van der Waals surface area contributed by atoms with Crippen molar-refractivity contribution in [2.24, 2.45) is 0 Å². The Hall–Kier alpha value is -2.36. The van der Waals surface area contributed by atoms with Gasteiger partial charge in [0.05, 0.1) is 24.3 Å². The van der Waals surface area contributed by atoms with Gasteiger partial charge in [-0.05, 0) is 12.5 Å². The molecule has 0 amide bonds. The minimum Gasteiger partial charge on any atom is -0.396 e. The molecule has 0 aliphatic heterocycles. The van der Waals surface area contributed by atoms with Crippen molar-refractivity contribution in [1.82, 2.24) is 14.6 Å². The Morgan fingerprint density at radius 1 is 1.28 bits per heavy atom. The van der Waals surface area contributed by atoms with E-state index < -0.39 is 0 Å². The molecule has 4 heteroatoms. The summed E-state index contributed by atoms with van der Waals surface area (Å²) in [5.41, 5.74) is 10.8. The van der Waals surface area contributed by atoms with Crippen LogP contribution in [-0.4, -0.2) is 14.6 Å². The molecule has 0 saturated carbocycles. The largest absolute Gasteiger partial charge is 0.396 e. The number of nitrogen functional groups attached to an aromatic ring is 1. The van der Waals surface area contributed by atoms with Crippen LogP contribution in [0.25, 0.3) is 5.65 Å². The number of benzene rings is 1. The van der Waals surface area contributed by atoms with Crippen LogP contribution in [0, 0.1) is 6.92 Å². The predicted octanol–water partition coefficient (Wildman–Crippen LogP) is 2.21. The number of aryl methyl sites for hydroxylation is 1. The van der Waals surface area contributed by atoms with Crippen LogP contribution in [0.2, 0.25) is 0 Å². The van der Waals surface area contributed by atoms with Crippen LogP contribution in [0.3, 0.4) is 0 Å². The minimum absolute atomic E-state index is 0.618. The highest BCUT2D eigenvalue weighted by molar-refractivity contribution is 5.51. The molecule has 0 radical (unpaired) electrons. The normalized spacial score (nSPS) is 10.9. The fourth-order valence-corrected chi connectivity index (χ4v) is 2.10. The highest BCUT2D eigenvalue weighted by Crippen LogP contribution is 2.15. The lowest BCUT2D eigenvalue weighted by molar-refractivity contribution is 0.942. The molecule has 1 aromatic carbocycles. The van der Waals surface area contributed by atoms with Crippen molar-refractivity contribution < 1.29 is 0 Å². The van der Waals surface area contributed by atoms with Gasteiger partial charge in [-0.25, -0.2) is 9.50 Å². The number of nitrogens with zero attached hydrogens (tertiary/aromatic N) is 3. The Labute approximate surface area is 105 Å². The van der Waals surface area contributed by atoms with Crippen LogP contribution < -0.4 is 5.73 Å². The summed E-state index contributed by atoms with van der Waals surface area (Å²) in [6.45, 7) is 2.10. The van der Waals surface area contributed by atoms with E-state index in [-0.39, 0.29) is 0 Å². The van der Waals surface area contributed by atoms with Gasteiger partial charge in [-0.15, -0.1) is 0 Å². The third-order valence-corrected chi connectivity index (χ3v) is 2.93. The lowest BCUT2D eigenvalue weighted by atomic mass is 10.1. The van der Waals surface area contributed by atoms with E-state index in [9.17, 15) is 0 Å². The molecule has 0 spiro atoms. The van der Waals surface area contributed by atoms with Gasteiger partial charge >= 0.3 is 0 Å². The predicted molar refractivity (Wildman–Crippen MR) is 71.4 cm³/mol.